The van der Waals surface area contributed by atoms with Crippen molar-refractivity contribution in [2.24, 2.45) is 0 Å². The van der Waals surface area contributed by atoms with Gasteiger partial charge in [0.25, 0.3) is 0 Å². The normalized spacial score (nSPS) is 12.6. The maximum absolute atomic E-state index is 4.51. The van der Waals surface area contributed by atoms with Gasteiger partial charge in [-0.05, 0) is 37.6 Å². The van der Waals surface area contributed by atoms with Gasteiger partial charge in [-0.25, -0.2) is 4.98 Å². The Kier molecular flexibility index (Phi) is 5.16. The Morgan fingerprint density at radius 3 is 2.89 bits per heavy atom. The molecule has 1 aromatic carbocycles. The number of nitrogens with one attached hydrogen (secondary N) is 1. The van der Waals surface area contributed by atoms with Gasteiger partial charge in [0, 0.05) is 23.4 Å². The second-order valence-corrected chi connectivity index (χ2v) is 5.43. The van der Waals surface area contributed by atoms with Gasteiger partial charge in [0.15, 0.2) is 0 Å². The molecule has 0 amide bonds. The number of aryl methyl sites for hydroxylation is 1. The van der Waals surface area contributed by atoms with E-state index < -0.39 is 0 Å². The molecule has 0 fully saturated rings. The quantitative estimate of drug-likeness (QED) is 0.881. The molecule has 4 heteroatoms. The average Bonchev–Trinajstić information content (AvgIpc) is 2.86. The molecule has 1 aromatic heterocycles. The van der Waals surface area contributed by atoms with Crippen LogP contribution in [0.15, 0.2) is 41.1 Å². The van der Waals surface area contributed by atoms with Gasteiger partial charge in [-0.15, -0.1) is 0 Å². The molecule has 0 aliphatic rings. The van der Waals surface area contributed by atoms with Crippen molar-refractivity contribution in [3.63, 3.8) is 0 Å². The van der Waals surface area contributed by atoms with E-state index in [1.807, 2.05) is 12.4 Å². The Bertz CT molecular complexity index is 522. The molecule has 1 atom stereocenters. The van der Waals surface area contributed by atoms with E-state index >= 15 is 0 Å². The van der Waals surface area contributed by atoms with Crippen LogP contribution < -0.4 is 5.32 Å². The molecular formula is C15H20BrN3. The Labute approximate surface area is 123 Å². The topological polar surface area (TPSA) is 29.9 Å². The lowest BCUT2D eigenvalue weighted by molar-refractivity contribution is 0.495. The van der Waals surface area contributed by atoms with Crippen molar-refractivity contribution >= 4 is 15.9 Å². The summed E-state index contributed by atoms with van der Waals surface area (Å²) in [6.07, 6.45) is 4.87. The van der Waals surface area contributed by atoms with Crippen molar-refractivity contribution in [1.29, 1.82) is 0 Å². The Balaban J connectivity index is 2.21. The predicted molar refractivity (Wildman–Crippen MR) is 82.2 cm³/mol. The standard InChI is InChI=1S/C15H20BrN3/c1-3-17-14(15-18-8-9-19(15)4-2)11-12-6-5-7-13(16)10-12/h5-10,14,17H,3-4,11H2,1-2H3. The molecule has 2 aromatic rings. The SMILES string of the molecule is CCNC(Cc1cccc(Br)c1)c1nccn1CC. The van der Waals surface area contributed by atoms with Crippen molar-refractivity contribution in [2.75, 3.05) is 6.54 Å². The number of hydrogen-bond donors (Lipinski definition) is 1. The lowest BCUT2D eigenvalue weighted by Gasteiger charge is -2.19. The number of halogens is 1. The summed E-state index contributed by atoms with van der Waals surface area (Å²) in [6.45, 7) is 6.17. The van der Waals surface area contributed by atoms with Crippen LogP contribution in [0.3, 0.4) is 0 Å². The summed E-state index contributed by atoms with van der Waals surface area (Å²) in [6, 6.07) is 8.72. The third kappa shape index (κ3) is 3.67. The van der Waals surface area contributed by atoms with Gasteiger partial charge in [-0.3, -0.25) is 0 Å². The molecule has 0 spiro atoms. The number of benzene rings is 1. The van der Waals surface area contributed by atoms with Crippen LogP contribution >= 0.6 is 15.9 Å². The van der Waals surface area contributed by atoms with Crippen LogP contribution in [0.1, 0.15) is 31.3 Å². The smallest absolute Gasteiger partial charge is 0.126 e. The Morgan fingerprint density at radius 2 is 2.21 bits per heavy atom. The maximum atomic E-state index is 4.51. The van der Waals surface area contributed by atoms with Gasteiger partial charge in [-0.1, -0.05) is 35.0 Å². The van der Waals surface area contributed by atoms with Gasteiger partial charge < -0.3 is 9.88 Å². The van der Waals surface area contributed by atoms with E-state index in [9.17, 15) is 0 Å². The summed E-state index contributed by atoms with van der Waals surface area (Å²) < 4.78 is 3.32. The lowest BCUT2D eigenvalue weighted by atomic mass is 10.1. The molecule has 102 valence electrons. The molecule has 2 rings (SSSR count). The molecule has 1 N–H and O–H groups in total. The Morgan fingerprint density at radius 1 is 1.37 bits per heavy atom. The van der Waals surface area contributed by atoms with E-state index in [2.05, 4.69) is 68.9 Å². The van der Waals surface area contributed by atoms with Crippen LogP contribution in [0, 0.1) is 0 Å². The highest BCUT2D eigenvalue weighted by molar-refractivity contribution is 9.10. The zero-order chi connectivity index (χ0) is 13.7. The lowest BCUT2D eigenvalue weighted by Crippen LogP contribution is -2.26. The fourth-order valence-electron chi connectivity index (χ4n) is 2.30. The van der Waals surface area contributed by atoms with Crippen molar-refractivity contribution in [1.82, 2.24) is 14.9 Å². The molecule has 0 aliphatic carbocycles. The number of rotatable bonds is 6. The first-order valence-electron chi connectivity index (χ1n) is 6.73. The molecule has 19 heavy (non-hydrogen) atoms. The monoisotopic (exact) mass is 321 g/mol. The highest BCUT2D eigenvalue weighted by Gasteiger charge is 2.16. The van der Waals surface area contributed by atoms with Crippen LogP contribution in [0.5, 0.6) is 0 Å². The first kappa shape index (κ1) is 14.3. The van der Waals surface area contributed by atoms with E-state index in [0.717, 1.165) is 29.8 Å². The minimum absolute atomic E-state index is 0.259. The Hall–Kier alpha value is -1.13. The summed E-state index contributed by atoms with van der Waals surface area (Å²) >= 11 is 3.53. The number of imidazole rings is 1. The molecule has 0 saturated heterocycles. The summed E-state index contributed by atoms with van der Waals surface area (Å²) in [4.78, 5) is 4.51. The number of hydrogen-bond acceptors (Lipinski definition) is 2. The summed E-state index contributed by atoms with van der Waals surface area (Å²) in [5, 5.41) is 3.53. The highest BCUT2D eigenvalue weighted by atomic mass is 79.9. The van der Waals surface area contributed by atoms with Gasteiger partial charge in [0.1, 0.15) is 5.82 Å². The van der Waals surface area contributed by atoms with Gasteiger partial charge in [-0.2, -0.15) is 0 Å². The van der Waals surface area contributed by atoms with E-state index in [1.165, 1.54) is 5.56 Å². The van der Waals surface area contributed by atoms with Crippen molar-refractivity contribution in [3.05, 3.63) is 52.5 Å². The minimum Gasteiger partial charge on any atom is -0.334 e. The van der Waals surface area contributed by atoms with Crippen LogP contribution in [0.2, 0.25) is 0 Å². The second kappa shape index (κ2) is 6.87. The minimum atomic E-state index is 0.259. The molecule has 1 unspecified atom stereocenters. The average molecular weight is 322 g/mol. The van der Waals surface area contributed by atoms with Crippen molar-refractivity contribution < 1.29 is 0 Å². The molecule has 1 heterocycles. The number of aromatic nitrogens is 2. The third-order valence-electron chi connectivity index (χ3n) is 3.18. The van der Waals surface area contributed by atoms with Crippen LogP contribution in [-0.4, -0.2) is 16.1 Å². The molecule has 3 nitrogen and oxygen atoms in total. The van der Waals surface area contributed by atoms with Gasteiger partial charge in [0.2, 0.25) is 0 Å². The summed E-state index contributed by atoms with van der Waals surface area (Å²) in [5.41, 5.74) is 1.31. The highest BCUT2D eigenvalue weighted by Crippen LogP contribution is 2.19. The zero-order valence-corrected chi connectivity index (χ0v) is 13.0. The van der Waals surface area contributed by atoms with E-state index in [0.29, 0.717) is 0 Å². The van der Waals surface area contributed by atoms with Crippen molar-refractivity contribution in [3.8, 4) is 0 Å². The summed E-state index contributed by atoms with van der Waals surface area (Å²) in [5.74, 6) is 1.12. The summed E-state index contributed by atoms with van der Waals surface area (Å²) in [7, 11) is 0. The first-order valence-corrected chi connectivity index (χ1v) is 7.52. The molecule has 0 radical (unpaired) electrons. The van der Waals surface area contributed by atoms with E-state index in [4.69, 9.17) is 0 Å². The van der Waals surface area contributed by atoms with Gasteiger partial charge in [0.05, 0.1) is 6.04 Å². The molecule has 0 aliphatic heterocycles. The van der Waals surface area contributed by atoms with E-state index in [1.54, 1.807) is 0 Å². The van der Waals surface area contributed by atoms with Crippen LogP contribution in [0.25, 0.3) is 0 Å². The van der Waals surface area contributed by atoms with Crippen LogP contribution in [0.4, 0.5) is 0 Å². The molecule has 0 saturated carbocycles. The first-order chi connectivity index (χ1) is 9.24. The van der Waals surface area contributed by atoms with Gasteiger partial charge >= 0.3 is 0 Å². The van der Waals surface area contributed by atoms with E-state index in [-0.39, 0.29) is 6.04 Å². The predicted octanol–water partition coefficient (Wildman–Crippen LogP) is 3.56. The van der Waals surface area contributed by atoms with Crippen LogP contribution in [-0.2, 0) is 13.0 Å². The fourth-order valence-corrected chi connectivity index (χ4v) is 2.75. The van der Waals surface area contributed by atoms with Crippen molar-refractivity contribution in [2.45, 2.75) is 32.9 Å². The largest absolute Gasteiger partial charge is 0.334 e. The zero-order valence-electron chi connectivity index (χ0n) is 11.4. The molecule has 0 bridgehead atoms. The second-order valence-electron chi connectivity index (χ2n) is 4.52. The number of nitrogens with zero attached hydrogens (tertiary/aromatic N) is 2. The number of likely N-dealkylation sites (N-methyl/N-ethyl adjacent to an activating group) is 1. The fraction of sp³-hybridized carbons (Fsp3) is 0.400. The molecular weight excluding hydrogens is 302 g/mol. The third-order valence-corrected chi connectivity index (χ3v) is 3.67. The maximum Gasteiger partial charge on any atom is 0.126 e.